The maximum absolute atomic E-state index is 5.68. The van der Waals surface area contributed by atoms with Gasteiger partial charge in [-0.2, -0.15) is 0 Å². The normalized spacial score (nSPS) is 18.9. The van der Waals surface area contributed by atoms with Gasteiger partial charge in [-0.3, -0.25) is 4.98 Å². The SMILES string of the molecule is CCc1ccc(-n2c(C)cc([C@H]3[C@@H](c4ccccn4)NC(=S)N3CC)c2C)cc1. The Bertz CT molecular complexity index is 1010. The lowest BCUT2D eigenvalue weighted by Crippen LogP contribution is -2.29. The van der Waals surface area contributed by atoms with Gasteiger partial charge in [-0.15, -0.1) is 0 Å². The highest BCUT2D eigenvalue weighted by atomic mass is 32.1. The second-order valence-corrected chi connectivity index (χ2v) is 7.98. The zero-order valence-corrected chi connectivity index (χ0v) is 18.3. The summed E-state index contributed by atoms with van der Waals surface area (Å²) in [6.07, 6.45) is 2.90. The van der Waals surface area contributed by atoms with E-state index in [2.05, 4.69) is 83.9 Å². The Hall–Kier alpha value is -2.66. The van der Waals surface area contributed by atoms with E-state index in [0.717, 1.165) is 23.8 Å². The van der Waals surface area contributed by atoms with Crippen molar-refractivity contribution in [2.45, 2.75) is 46.2 Å². The van der Waals surface area contributed by atoms with E-state index in [9.17, 15) is 0 Å². The lowest BCUT2D eigenvalue weighted by Gasteiger charge is -2.27. The van der Waals surface area contributed by atoms with E-state index in [4.69, 9.17) is 12.2 Å². The van der Waals surface area contributed by atoms with Crippen LogP contribution in [-0.4, -0.2) is 26.1 Å². The minimum absolute atomic E-state index is 0.0417. The number of aromatic nitrogens is 2. The average Bonchev–Trinajstić information content (AvgIpc) is 3.23. The van der Waals surface area contributed by atoms with E-state index in [1.165, 1.54) is 28.2 Å². The number of benzene rings is 1. The Morgan fingerprint density at radius 1 is 1.07 bits per heavy atom. The van der Waals surface area contributed by atoms with Crippen LogP contribution in [0.25, 0.3) is 5.69 Å². The molecule has 1 fully saturated rings. The van der Waals surface area contributed by atoms with Crippen LogP contribution in [0.1, 0.15) is 54.1 Å². The molecule has 0 bridgehead atoms. The molecule has 3 heterocycles. The van der Waals surface area contributed by atoms with E-state index in [1.807, 2.05) is 18.3 Å². The number of nitrogens with zero attached hydrogens (tertiary/aromatic N) is 3. The molecule has 0 spiro atoms. The molecular formula is C24H28N4S. The standard InChI is InChI=1S/C24H28N4S/c1-5-18-10-12-19(13-11-18)28-16(3)15-20(17(28)4)23-22(21-9-7-8-14-25-21)26-24(29)27(23)6-2/h7-15,22-23H,5-6H2,1-4H3,(H,26,29)/t22-,23+/m1/s1. The van der Waals surface area contributed by atoms with Gasteiger partial charge in [-0.25, -0.2) is 0 Å². The van der Waals surface area contributed by atoms with Gasteiger partial charge in [0.15, 0.2) is 5.11 Å². The van der Waals surface area contributed by atoms with Crippen molar-refractivity contribution in [1.82, 2.24) is 19.8 Å². The van der Waals surface area contributed by atoms with Crippen LogP contribution in [0.4, 0.5) is 0 Å². The van der Waals surface area contributed by atoms with Crippen LogP contribution in [-0.2, 0) is 6.42 Å². The molecule has 1 aromatic carbocycles. The van der Waals surface area contributed by atoms with Gasteiger partial charge in [-0.05, 0) is 80.9 Å². The van der Waals surface area contributed by atoms with Crippen molar-refractivity contribution in [3.8, 4) is 5.69 Å². The summed E-state index contributed by atoms with van der Waals surface area (Å²) in [5.74, 6) is 0. The van der Waals surface area contributed by atoms with Crippen LogP contribution < -0.4 is 5.32 Å². The van der Waals surface area contributed by atoms with Gasteiger partial charge in [0.2, 0.25) is 0 Å². The van der Waals surface area contributed by atoms with Crippen molar-refractivity contribution in [1.29, 1.82) is 0 Å². The molecule has 150 valence electrons. The van der Waals surface area contributed by atoms with Crippen molar-refractivity contribution in [3.63, 3.8) is 0 Å². The molecule has 4 rings (SSSR count). The second kappa shape index (κ2) is 7.99. The van der Waals surface area contributed by atoms with E-state index in [1.54, 1.807) is 0 Å². The summed E-state index contributed by atoms with van der Waals surface area (Å²) in [6.45, 7) is 9.59. The van der Waals surface area contributed by atoms with E-state index < -0.39 is 0 Å². The van der Waals surface area contributed by atoms with E-state index in [-0.39, 0.29) is 12.1 Å². The summed E-state index contributed by atoms with van der Waals surface area (Å²) in [6, 6.07) is 17.4. The van der Waals surface area contributed by atoms with Crippen molar-refractivity contribution < 1.29 is 0 Å². The van der Waals surface area contributed by atoms with Gasteiger partial charge in [0, 0.05) is 29.8 Å². The summed E-state index contributed by atoms with van der Waals surface area (Å²) in [5.41, 5.74) is 7.36. The molecule has 0 saturated carbocycles. The fraction of sp³-hybridized carbons (Fsp3) is 0.333. The maximum atomic E-state index is 5.68. The molecule has 1 saturated heterocycles. The van der Waals surface area contributed by atoms with E-state index >= 15 is 0 Å². The van der Waals surface area contributed by atoms with Gasteiger partial charge in [0.1, 0.15) is 0 Å². The quantitative estimate of drug-likeness (QED) is 0.604. The molecule has 1 N–H and O–H groups in total. The number of likely N-dealkylation sites (N-methyl/N-ethyl adjacent to an activating group) is 1. The van der Waals surface area contributed by atoms with Gasteiger partial charge >= 0.3 is 0 Å². The van der Waals surface area contributed by atoms with Crippen molar-refractivity contribution in [3.05, 3.63) is 82.9 Å². The molecular weight excluding hydrogens is 376 g/mol. The van der Waals surface area contributed by atoms with Gasteiger partial charge in [0.25, 0.3) is 0 Å². The predicted molar refractivity (Wildman–Crippen MR) is 122 cm³/mol. The Labute approximate surface area is 178 Å². The average molecular weight is 405 g/mol. The molecule has 0 unspecified atom stereocenters. The molecule has 5 heteroatoms. The maximum Gasteiger partial charge on any atom is 0.170 e. The summed E-state index contributed by atoms with van der Waals surface area (Å²) >= 11 is 5.68. The molecule has 29 heavy (non-hydrogen) atoms. The Balaban J connectivity index is 1.80. The highest BCUT2D eigenvalue weighted by Crippen LogP contribution is 2.41. The molecule has 0 radical (unpaired) electrons. The number of aryl methyl sites for hydroxylation is 2. The first-order chi connectivity index (χ1) is 14.0. The first-order valence-corrected chi connectivity index (χ1v) is 10.7. The zero-order chi connectivity index (χ0) is 20.5. The molecule has 1 aliphatic heterocycles. The Morgan fingerprint density at radius 2 is 1.83 bits per heavy atom. The van der Waals surface area contributed by atoms with Crippen LogP contribution in [0.5, 0.6) is 0 Å². The third-order valence-electron chi connectivity index (χ3n) is 5.93. The fourth-order valence-corrected chi connectivity index (χ4v) is 4.82. The molecule has 2 aromatic heterocycles. The third kappa shape index (κ3) is 3.44. The van der Waals surface area contributed by atoms with Crippen LogP contribution in [0.2, 0.25) is 0 Å². The van der Waals surface area contributed by atoms with Crippen molar-refractivity contribution in [2.75, 3.05) is 6.54 Å². The zero-order valence-electron chi connectivity index (χ0n) is 17.5. The summed E-state index contributed by atoms with van der Waals surface area (Å²) in [5, 5.41) is 4.31. The summed E-state index contributed by atoms with van der Waals surface area (Å²) < 4.78 is 2.35. The highest BCUT2D eigenvalue weighted by molar-refractivity contribution is 7.80. The van der Waals surface area contributed by atoms with Crippen LogP contribution in [0.3, 0.4) is 0 Å². The largest absolute Gasteiger partial charge is 0.352 e. The first-order valence-electron chi connectivity index (χ1n) is 10.3. The summed E-state index contributed by atoms with van der Waals surface area (Å²) in [7, 11) is 0. The van der Waals surface area contributed by atoms with Crippen LogP contribution >= 0.6 is 12.2 Å². The number of pyridine rings is 1. The number of nitrogens with one attached hydrogen (secondary N) is 1. The van der Waals surface area contributed by atoms with Gasteiger partial charge < -0.3 is 14.8 Å². The van der Waals surface area contributed by atoms with Crippen molar-refractivity contribution in [2.24, 2.45) is 0 Å². The van der Waals surface area contributed by atoms with Crippen LogP contribution in [0, 0.1) is 13.8 Å². The fourth-order valence-electron chi connectivity index (χ4n) is 4.45. The minimum Gasteiger partial charge on any atom is -0.352 e. The molecule has 1 aliphatic rings. The molecule has 0 aliphatic carbocycles. The minimum atomic E-state index is 0.0417. The lowest BCUT2D eigenvalue weighted by atomic mass is 9.97. The Kier molecular flexibility index (Phi) is 5.41. The predicted octanol–water partition coefficient (Wildman–Crippen LogP) is 5.04. The molecule has 3 aromatic rings. The molecule has 0 amide bonds. The third-order valence-corrected chi connectivity index (χ3v) is 6.28. The monoisotopic (exact) mass is 404 g/mol. The van der Waals surface area contributed by atoms with Crippen molar-refractivity contribution >= 4 is 17.3 Å². The van der Waals surface area contributed by atoms with E-state index in [0.29, 0.717) is 0 Å². The number of hydrogen-bond donors (Lipinski definition) is 1. The highest BCUT2D eigenvalue weighted by Gasteiger charge is 2.40. The summed E-state index contributed by atoms with van der Waals surface area (Å²) in [4.78, 5) is 6.90. The van der Waals surface area contributed by atoms with Crippen LogP contribution in [0.15, 0.2) is 54.7 Å². The topological polar surface area (TPSA) is 33.1 Å². The first kappa shape index (κ1) is 19.6. The number of thiocarbonyl (C=S) groups is 1. The molecule has 4 nitrogen and oxygen atoms in total. The number of hydrogen-bond acceptors (Lipinski definition) is 2. The number of rotatable bonds is 5. The Morgan fingerprint density at radius 3 is 2.45 bits per heavy atom. The second-order valence-electron chi connectivity index (χ2n) is 7.59. The smallest absolute Gasteiger partial charge is 0.170 e. The molecule has 2 atom stereocenters. The van der Waals surface area contributed by atoms with Gasteiger partial charge in [-0.1, -0.05) is 25.1 Å². The lowest BCUT2D eigenvalue weighted by molar-refractivity contribution is 0.329. The van der Waals surface area contributed by atoms with Gasteiger partial charge in [0.05, 0.1) is 17.8 Å².